The second kappa shape index (κ2) is 5.50. The van der Waals surface area contributed by atoms with Gasteiger partial charge in [-0.1, -0.05) is 42.3 Å². The largest absolute Gasteiger partial charge is 0.271 e. The van der Waals surface area contributed by atoms with Crippen molar-refractivity contribution < 1.29 is 9.59 Å². The van der Waals surface area contributed by atoms with Crippen LogP contribution in [0.3, 0.4) is 0 Å². The molecule has 23 heavy (non-hydrogen) atoms. The molecule has 0 aromatic heterocycles. The van der Waals surface area contributed by atoms with E-state index < -0.39 is 0 Å². The van der Waals surface area contributed by atoms with Crippen molar-refractivity contribution in [2.45, 2.75) is 31.2 Å². The van der Waals surface area contributed by atoms with E-state index in [4.69, 9.17) is 11.6 Å². The topological polar surface area (TPSA) is 37.4 Å². The summed E-state index contributed by atoms with van der Waals surface area (Å²) in [6, 6.07) is 14.8. The number of fused-ring (bicyclic) bond motifs is 1. The summed E-state index contributed by atoms with van der Waals surface area (Å²) in [5.41, 5.74) is 2.20. The van der Waals surface area contributed by atoms with Gasteiger partial charge in [-0.25, -0.2) is 0 Å². The number of carbonyl (C=O) groups excluding carboxylic acids is 2. The van der Waals surface area contributed by atoms with E-state index in [1.165, 1.54) is 4.90 Å². The van der Waals surface area contributed by atoms with Gasteiger partial charge in [-0.3, -0.25) is 14.5 Å². The van der Waals surface area contributed by atoms with Crippen LogP contribution in [0.15, 0.2) is 48.5 Å². The second-order valence-electron chi connectivity index (χ2n) is 6.18. The van der Waals surface area contributed by atoms with Crippen LogP contribution < -0.4 is 0 Å². The lowest BCUT2D eigenvalue weighted by molar-refractivity contribution is 0.0574. The van der Waals surface area contributed by atoms with E-state index in [0.29, 0.717) is 16.1 Å². The maximum Gasteiger partial charge on any atom is 0.261 e. The summed E-state index contributed by atoms with van der Waals surface area (Å²) >= 11 is 5.97. The Labute approximate surface area is 139 Å². The molecule has 1 heterocycles. The third-order valence-corrected chi connectivity index (χ3v) is 5.19. The van der Waals surface area contributed by atoms with Gasteiger partial charge in [0.05, 0.1) is 11.1 Å². The van der Waals surface area contributed by atoms with E-state index in [1.54, 1.807) is 24.3 Å². The zero-order valence-corrected chi connectivity index (χ0v) is 13.3. The lowest BCUT2D eigenvalue weighted by Gasteiger charge is -2.28. The molecule has 1 aliphatic heterocycles. The van der Waals surface area contributed by atoms with Crippen molar-refractivity contribution in [1.82, 2.24) is 4.90 Å². The number of halogens is 1. The smallest absolute Gasteiger partial charge is 0.261 e. The van der Waals surface area contributed by atoms with Gasteiger partial charge < -0.3 is 0 Å². The van der Waals surface area contributed by atoms with Crippen LogP contribution in [0.1, 0.15) is 51.5 Å². The van der Waals surface area contributed by atoms with Crippen molar-refractivity contribution in [3.05, 3.63) is 70.2 Å². The molecule has 0 unspecified atom stereocenters. The van der Waals surface area contributed by atoms with E-state index >= 15 is 0 Å². The lowest BCUT2D eigenvalue weighted by Crippen LogP contribution is -2.41. The van der Waals surface area contributed by atoms with E-state index in [0.717, 1.165) is 24.8 Å². The molecule has 0 N–H and O–H groups in total. The van der Waals surface area contributed by atoms with Gasteiger partial charge in [0.1, 0.15) is 0 Å². The number of carbonyl (C=O) groups is 2. The SMILES string of the molecule is O=C1c2ccccc2C(=O)N1[C@@H]1CCC[C@H]1c1ccc(Cl)cc1. The van der Waals surface area contributed by atoms with Gasteiger partial charge in [0.25, 0.3) is 11.8 Å². The molecule has 4 heteroatoms. The average molecular weight is 326 g/mol. The molecule has 0 radical (unpaired) electrons. The third kappa shape index (κ3) is 2.27. The molecule has 0 bridgehead atoms. The summed E-state index contributed by atoms with van der Waals surface area (Å²) in [6.45, 7) is 0. The molecule has 0 spiro atoms. The van der Waals surface area contributed by atoms with Crippen molar-refractivity contribution in [1.29, 1.82) is 0 Å². The first-order chi connectivity index (χ1) is 11.2. The predicted octanol–water partition coefficient (Wildman–Crippen LogP) is 4.27. The molecule has 2 atom stereocenters. The summed E-state index contributed by atoms with van der Waals surface area (Å²) in [7, 11) is 0. The Morgan fingerprint density at radius 3 is 2.09 bits per heavy atom. The zero-order valence-electron chi connectivity index (χ0n) is 12.5. The Kier molecular flexibility index (Phi) is 3.46. The Morgan fingerprint density at radius 2 is 1.48 bits per heavy atom. The van der Waals surface area contributed by atoms with Crippen molar-refractivity contribution in [2.75, 3.05) is 0 Å². The molecule has 2 aliphatic rings. The number of rotatable bonds is 2. The molecule has 2 aromatic carbocycles. The lowest BCUT2D eigenvalue weighted by atomic mass is 9.93. The minimum atomic E-state index is -0.156. The summed E-state index contributed by atoms with van der Waals surface area (Å²) in [5, 5.41) is 0.698. The molecule has 1 aliphatic carbocycles. The molecule has 1 fully saturated rings. The number of amides is 2. The van der Waals surface area contributed by atoms with Gasteiger partial charge in [0.2, 0.25) is 0 Å². The Balaban J connectivity index is 1.69. The van der Waals surface area contributed by atoms with Crippen molar-refractivity contribution in [2.24, 2.45) is 0 Å². The normalized spacial score (nSPS) is 23.4. The van der Waals surface area contributed by atoms with Crippen molar-refractivity contribution in [3.8, 4) is 0 Å². The van der Waals surface area contributed by atoms with Crippen molar-refractivity contribution >= 4 is 23.4 Å². The van der Waals surface area contributed by atoms with Crippen LogP contribution in [0.2, 0.25) is 5.02 Å². The van der Waals surface area contributed by atoms with Crippen LogP contribution in [-0.4, -0.2) is 22.8 Å². The molecule has 4 rings (SSSR count). The molecule has 3 nitrogen and oxygen atoms in total. The van der Waals surface area contributed by atoms with Gasteiger partial charge in [0.15, 0.2) is 0 Å². The van der Waals surface area contributed by atoms with Gasteiger partial charge in [-0.15, -0.1) is 0 Å². The fourth-order valence-electron chi connectivity index (χ4n) is 3.86. The molecular formula is C19H16ClNO2. The highest BCUT2D eigenvalue weighted by Gasteiger charge is 2.44. The number of hydrogen-bond donors (Lipinski definition) is 0. The molecule has 1 saturated carbocycles. The average Bonchev–Trinajstić information content (AvgIpc) is 3.13. The maximum absolute atomic E-state index is 12.7. The molecule has 116 valence electrons. The fraction of sp³-hybridized carbons (Fsp3) is 0.263. The molecule has 2 aromatic rings. The van der Waals surface area contributed by atoms with E-state index in [9.17, 15) is 9.59 Å². The van der Waals surface area contributed by atoms with Crippen LogP contribution in [0.25, 0.3) is 0 Å². The number of nitrogens with zero attached hydrogens (tertiary/aromatic N) is 1. The maximum atomic E-state index is 12.7. The zero-order chi connectivity index (χ0) is 16.0. The first-order valence-electron chi connectivity index (χ1n) is 7.89. The third-order valence-electron chi connectivity index (χ3n) is 4.93. The van der Waals surface area contributed by atoms with Crippen LogP contribution in [-0.2, 0) is 0 Å². The summed E-state index contributed by atoms with van der Waals surface area (Å²) in [5.74, 6) is -0.123. The molecule has 0 saturated heterocycles. The fourth-order valence-corrected chi connectivity index (χ4v) is 3.98. The van der Waals surface area contributed by atoms with E-state index in [1.807, 2.05) is 24.3 Å². The van der Waals surface area contributed by atoms with Crippen LogP contribution in [0.4, 0.5) is 0 Å². The van der Waals surface area contributed by atoms with Gasteiger partial charge >= 0.3 is 0 Å². The van der Waals surface area contributed by atoms with Crippen LogP contribution in [0.5, 0.6) is 0 Å². The highest BCUT2D eigenvalue weighted by atomic mass is 35.5. The quantitative estimate of drug-likeness (QED) is 0.773. The summed E-state index contributed by atoms with van der Waals surface area (Å²) in [4.78, 5) is 26.9. The molecule has 2 amide bonds. The highest BCUT2D eigenvalue weighted by molar-refractivity contribution is 6.30. The monoisotopic (exact) mass is 325 g/mol. The van der Waals surface area contributed by atoms with Crippen LogP contribution >= 0.6 is 11.6 Å². The summed E-state index contributed by atoms with van der Waals surface area (Å²) < 4.78 is 0. The number of hydrogen-bond acceptors (Lipinski definition) is 2. The number of imide groups is 1. The van der Waals surface area contributed by atoms with E-state index in [-0.39, 0.29) is 23.8 Å². The Hall–Kier alpha value is -2.13. The minimum absolute atomic E-state index is 0.0661. The van der Waals surface area contributed by atoms with Crippen LogP contribution in [0, 0.1) is 0 Å². The highest BCUT2D eigenvalue weighted by Crippen LogP contribution is 2.41. The Morgan fingerprint density at radius 1 is 0.870 bits per heavy atom. The predicted molar refractivity (Wildman–Crippen MR) is 88.8 cm³/mol. The van der Waals surface area contributed by atoms with Crippen molar-refractivity contribution in [3.63, 3.8) is 0 Å². The van der Waals surface area contributed by atoms with Gasteiger partial charge in [-0.05, 0) is 42.7 Å². The molecular weight excluding hydrogens is 310 g/mol. The second-order valence-corrected chi connectivity index (χ2v) is 6.62. The van der Waals surface area contributed by atoms with Gasteiger partial charge in [-0.2, -0.15) is 0 Å². The van der Waals surface area contributed by atoms with Gasteiger partial charge in [0, 0.05) is 17.0 Å². The first kappa shape index (κ1) is 14.5. The van der Waals surface area contributed by atoms with E-state index in [2.05, 4.69) is 0 Å². The standard InChI is InChI=1S/C19H16ClNO2/c20-13-10-8-12(9-11-13)14-6-3-7-17(14)21-18(22)15-4-1-2-5-16(15)19(21)23/h1-2,4-5,8-11,14,17H,3,6-7H2/t14-,17+/m0/s1. The minimum Gasteiger partial charge on any atom is -0.271 e. The summed E-state index contributed by atoms with van der Waals surface area (Å²) in [6.07, 6.45) is 2.86. The Bertz CT molecular complexity index is 749. The first-order valence-corrected chi connectivity index (χ1v) is 8.27. The number of benzene rings is 2.